The molecule has 1 aliphatic heterocycles. The maximum Gasteiger partial charge on any atom is 0.176 e. The maximum atomic E-state index is 12.0. The number of carbonyl (C=O) groups is 1. The Morgan fingerprint density at radius 2 is 2.38 bits per heavy atom. The molecule has 86 valence electrons. The molecule has 1 aliphatic rings. The summed E-state index contributed by atoms with van der Waals surface area (Å²) in [4.78, 5) is 13.3. The number of alkyl halides is 1. The topological polar surface area (TPSA) is 17.1 Å². The van der Waals surface area contributed by atoms with E-state index in [1.807, 2.05) is 24.8 Å². The van der Waals surface area contributed by atoms with Gasteiger partial charge in [-0.3, -0.25) is 4.79 Å². The van der Waals surface area contributed by atoms with Crippen molar-refractivity contribution in [3.05, 3.63) is 29.3 Å². The fourth-order valence-corrected chi connectivity index (χ4v) is 3.16. The summed E-state index contributed by atoms with van der Waals surface area (Å²) in [5.74, 6) is 1.41. The highest BCUT2D eigenvalue weighted by molar-refractivity contribution is 9.10. The van der Waals surface area contributed by atoms with E-state index in [1.165, 1.54) is 22.6 Å². The number of thioether (sulfide) groups is 1. The number of hydrogen-bond acceptors (Lipinski definition) is 2. The Balaban J connectivity index is 2.26. The van der Waals surface area contributed by atoms with E-state index in [0.717, 1.165) is 18.4 Å². The second kappa shape index (κ2) is 5.37. The van der Waals surface area contributed by atoms with Gasteiger partial charge in [0.1, 0.15) is 0 Å². The number of benzene rings is 1. The van der Waals surface area contributed by atoms with Crippen molar-refractivity contribution in [2.75, 3.05) is 5.75 Å². The Kier molecular flexibility index (Phi) is 4.09. The molecule has 0 saturated heterocycles. The van der Waals surface area contributed by atoms with Gasteiger partial charge in [-0.05, 0) is 42.7 Å². The van der Waals surface area contributed by atoms with Gasteiger partial charge in [-0.2, -0.15) is 0 Å². The zero-order valence-corrected chi connectivity index (χ0v) is 11.7. The highest BCUT2D eigenvalue weighted by Gasteiger charge is 2.17. The Morgan fingerprint density at radius 3 is 3.12 bits per heavy atom. The first kappa shape index (κ1) is 12.2. The molecule has 0 fully saturated rings. The van der Waals surface area contributed by atoms with Gasteiger partial charge >= 0.3 is 0 Å². The molecule has 1 nitrogen and oxygen atoms in total. The van der Waals surface area contributed by atoms with Gasteiger partial charge in [0.2, 0.25) is 0 Å². The van der Waals surface area contributed by atoms with Crippen molar-refractivity contribution in [3.63, 3.8) is 0 Å². The molecule has 1 aromatic rings. The predicted octanol–water partition coefficient (Wildman–Crippen LogP) is 4.08. The Hall–Kier alpha value is -0.280. The first-order valence-corrected chi connectivity index (χ1v) is 7.56. The van der Waals surface area contributed by atoms with Crippen molar-refractivity contribution in [2.45, 2.75) is 35.9 Å². The van der Waals surface area contributed by atoms with Crippen LogP contribution in [0.15, 0.2) is 23.1 Å². The van der Waals surface area contributed by atoms with Crippen molar-refractivity contribution in [2.24, 2.45) is 0 Å². The fraction of sp³-hybridized carbons (Fsp3) is 0.462. The summed E-state index contributed by atoms with van der Waals surface area (Å²) in [5, 5.41) is 0. The van der Waals surface area contributed by atoms with Crippen LogP contribution < -0.4 is 0 Å². The molecule has 0 N–H and O–H groups in total. The van der Waals surface area contributed by atoms with Crippen LogP contribution in [-0.4, -0.2) is 16.4 Å². The zero-order valence-electron chi connectivity index (χ0n) is 9.33. The molecule has 1 atom stereocenters. The van der Waals surface area contributed by atoms with Gasteiger partial charge < -0.3 is 0 Å². The number of fused-ring (bicyclic) bond motifs is 1. The monoisotopic (exact) mass is 298 g/mol. The summed E-state index contributed by atoms with van der Waals surface area (Å²) in [6.45, 7) is 2.02. The van der Waals surface area contributed by atoms with E-state index in [9.17, 15) is 4.79 Å². The third-order valence-electron chi connectivity index (χ3n) is 2.84. The number of ketones is 1. The summed E-state index contributed by atoms with van der Waals surface area (Å²) in [6.07, 6.45) is 3.17. The third kappa shape index (κ3) is 2.51. The number of Topliss-reactive ketones (excluding diaryl/α,β-unsaturated/α-hetero) is 1. The Morgan fingerprint density at radius 1 is 1.56 bits per heavy atom. The zero-order chi connectivity index (χ0) is 11.5. The van der Waals surface area contributed by atoms with Crippen LogP contribution in [0.1, 0.15) is 35.7 Å². The molecule has 0 radical (unpaired) electrons. The highest BCUT2D eigenvalue weighted by Crippen LogP contribution is 2.31. The van der Waals surface area contributed by atoms with Crippen LogP contribution in [0.25, 0.3) is 0 Å². The van der Waals surface area contributed by atoms with Gasteiger partial charge in [0.05, 0.1) is 4.83 Å². The molecule has 1 unspecified atom stereocenters. The number of rotatable bonds is 3. The summed E-state index contributed by atoms with van der Waals surface area (Å²) in [5.41, 5.74) is 2.20. The smallest absolute Gasteiger partial charge is 0.176 e. The molecule has 0 bridgehead atoms. The lowest BCUT2D eigenvalue weighted by Crippen LogP contribution is -2.13. The van der Waals surface area contributed by atoms with Crippen LogP contribution in [-0.2, 0) is 6.42 Å². The SMILES string of the molecule is CCC(Br)C(=O)c1ccc2c(c1)CCCS2. The molecular formula is C13H15BrOS. The lowest BCUT2D eigenvalue weighted by molar-refractivity contribution is 0.0990. The molecule has 0 aliphatic carbocycles. The largest absolute Gasteiger partial charge is 0.293 e. The minimum absolute atomic E-state index is 0.0400. The Labute approximate surface area is 109 Å². The summed E-state index contributed by atoms with van der Waals surface area (Å²) >= 11 is 5.32. The minimum atomic E-state index is -0.0400. The van der Waals surface area contributed by atoms with Gasteiger partial charge in [-0.25, -0.2) is 0 Å². The van der Waals surface area contributed by atoms with Gasteiger partial charge in [0.15, 0.2) is 5.78 Å². The first-order valence-electron chi connectivity index (χ1n) is 5.66. The van der Waals surface area contributed by atoms with Crippen molar-refractivity contribution in [3.8, 4) is 0 Å². The van der Waals surface area contributed by atoms with Crippen LogP contribution in [0.2, 0.25) is 0 Å². The van der Waals surface area contributed by atoms with E-state index in [1.54, 1.807) is 0 Å². The maximum absolute atomic E-state index is 12.0. The fourth-order valence-electron chi connectivity index (χ4n) is 1.88. The van der Waals surface area contributed by atoms with Crippen molar-refractivity contribution in [1.29, 1.82) is 0 Å². The number of carbonyl (C=O) groups excluding carboxylic acids is 1. The molecule has 0 aromatic heterocycles. The minimum Gasteiger partial charge on any atom is -0.293 e. The van der Waals surface area contributed by atoms with E-state index in [0.29, 0.717) is 0 Å². The molecule has 16 heavy (non-hydrogen) atoms. The van der Waals surface area contributed by atoms with Crippen LogP contribution >= 0.6 is 27.7 Å². The second-order valence-corrected chi connectivity index (χ2v) is 6.26. The molecule has 1 heterocycles. The van der Waals surface area contributed by atoms with Gasteiger partial charge in [-0.15, -0.1) is 11.8 Å². The number of aryl methyl sites for hydroxylation is 1. The molecule has 0 spiro atoms. The normalized spacial score (nSPS) is 16.6. The number of hydrogen-bond donors (Lipinski definition) is 0. The summed E-state index contributed by atoms with van der Waals surface area (Å²) in [7, 11) is 0. The molecule has 3 heteroatoms. The number of halogens is 1. The van der Waals surface area contributed by atoms with Gasteiger partial charge in [-0.1, -0.05) is 28.9 Å². The molecule has 0 amide bonds. The third-order valence-corrected chi connectivity index (χ3v) is 5.10. The molecule has 1 aromatic carbocycles. The van der Waals surface area contributed by atoms with Crippen LogP contribution in [0, 0.1) is 0 Å². The second-order valence-electron chi connectivity index (χ2n) is 4.01. The van der Waals surface area contributed by atoms with E-state index in [-0.39, 0.29) is 10.6 Å². The molecule has 0 saturated carbocycles. The first-order chi connectivity index (χ1) is 7.72. The quantitative estimate of drug-likeness (QED) is 0.618. The van der Waals surface area contributed by atoms with Crippen LogP contribution in [0.5, 0.6) is 0 Å². The van der Waals surface area contributed by atoms with Gasteiger partial charge in [0.25, 0.3) is 0 Å². The predicted molar refractivity (Wildman–Crippen MR) is 72.8 cm³/mol. The van der Waals surface area contributed by atoms with E-state index >= 15 is 0 Å². The van der Waals surface area contributed by atoms with E-state index < -0.39 is 0 Å². The molecular weight excluding hydrogens is 284 g/mol. The van der Waals surface area contributed by atoms with Gasteiger partial charge in [0, 0.05) is 10.5 Å². The average molecular weight is 299 g/mol. The molecule has 2 rings (SSSR count). The lowest BCUT2D eigenvalue weighted by atomic mass is 10.0. The average Bonchev–Trinajstić information content (AvgIpc) is 2.36. The van der Waals surface area contributed by atoms with E-state index in [4.69, 9.17) is 0 Å². The highest BCUT2D eigenvalue weighted by atomic mass is 79.9. The van der Waals surface area contributed by atoms with Crippen LogP contribution in [0.4, 0.5) is 0 Å². The summed E-state index contributed by atoms with van der Waals surface area (Å²) in [6, 6.07) is 6.14. The van der Waals surface area contributed by atoms with E-state index in [2.05, 4.69) is 28.1 Å². The van der Waals surface area contributed by atoms with Crippen molar-refractivity contribution in [1.82, 2.24) is 0 Å². The Bertz CT molecular complexity index is 403. The van der Waals surface area contributed by atoms with Crippen LogP contribution in [0.3, 0.4) is 0 Å². The van der Waals surface area contributed by atoms with Crippen molar-refractivity contribution < 1.29 is 4.79 Å². The lowest BCUT2D eigenvalue weighted by Gasteiger charge is -2.16. The standard InChI is InChI=1S/C13H15BrOS/c1-2-11(14)13(15)10-5-6-12-9(8-10)4-3-7-16-12/h5-6,8,11H,2-4,7H2,1H3. The summed E-state index contributed by atoms with van der Waals surface area (Å²) < 4.78 is 0. The van der Waals surface area contributed by atoms with Crippen molar-refractivity contribution >= 4 is 33.5 Å².